The minimum Gasteiger partial charge on any atom is -0.388 e. The highest BCUT2D eigenvalue weighted by Crippen LogP contribution is 2.26. The summed E-state index contributed by atoms with van der Waals surface area (Å²) in [6.07, 6.45) is 4.31. The van der Waals surface area contributed by atoms with E-state index in [1.807, 2.05) is 35.2 Å². The normalized spacial score (nSPS) is 17.1. The van der Waals surface area contributed by atoms with Gasteiger partial charge in [0.05, 0.1) is 24.0 Å². The summed E-state index contributed by atoms with van der Waals surface area (Å²) in [5.41, 5.74) is 0.681. The van der Waals surface area contributed by atoms with Gasteiger partial charge in [0.2, 0.25) is 5.91 Å². The van der Waals surface area contributed by atoms with E-state index in [2.05, 4.69) is 16.9 Å². The van der Waals surface area contributed by atoms with Crippen molar-refractivity contribution in [2.45, 2.75) is 44.2 Å². The SMILES string of the molecule is CC(CC(=O)N1CCC(O)(Cn2cnc3cccnc3c2=O)CC1)c1ccccc1. The molecule has 0 saturated carbocycles. The minimum atomic E-state index is -1.05. The van der Waals surface area contributed by atoms with Crippen LogP contribution in [0.4, 0.5) is 0 Å². The number of carbonyl (C=O) groups is 1. The van der Waals surface area contributed by atoms with Crippen molar-refractivity contribution in [3.63, 3.8) is 0 Å². The predicted octanol–water partition coefficient (Wildman–Crippen LogP) is 2.34. The number of pyridine rings is 1. The zero-order valence-electron chi connectivity index (χ0n) is 17.1. The highest BCUT2D eigenvalue weighted by Gasteiger charge is 2.35. The molecule has 1 amide bonds. The first-order chi connectivity index (χ1) is 14.5. The molecule has 2 aromatic heterocycles. The third kappa shape index (κ3) is 4.26. The van der Waals surface area contributed by atoms with Gasteiger partial charge in [-0.25, -0.2) is 9.97 Å². The Morgan fingerprint density at radius 3 is 2.60 bits per heavy atom. The molecule has 0 radical (unpaired) electrons. The Bertz CT molecular complexity index is 1090. The second-order valence-electron chi connectivity index (χ2n) is 8.17. The van der Waals surface area contributed by atoms with Crippen LogP contribution in [0.3, 0.4) is 0 Å². The number of aliphatic hydroxyl groups is 1. The summed E-state index contributed by atoms with van der Waals surface area (Å²) in [5, 5.41) is 11.0. The molecule has 0 bridgehead atoms. The molecular weight excluding hydrogens is 380 g/mol. The van der Waals surface area contributed by atoms with Gasteiger partial charge >= 0.3 is 0 Å². The van der Waals surface area contributed by atoms with Crippen molar-refractivity contribution in [1.82, 2.24) is 19.4 Å². The number of piperidine rings is 1. The third-order valence-corrected chi connectivity index (χ3v) is 5.95. The second kappa shape index (κ2) is 8.36. The van der Waals surface area contributed by atoms with Crippen LogP contribution >= 0.6 is 0 Å². The zero-order valence-corrected chi connectivity index (χ0v) is 17.1. The lowest BCUT2D eigenvalue weighted by atomic mass is 9.90. The van der Waals surface area contributed by atoms with Crippen molar-refractivity contribution in [3.8, 4) is 0 Å². The van der Waals surface area contributed by atoms with Crippen LogP contribution in [-0.4, -0.2) is 49.1 Å². The molecule has 1 saturated heterocycles. The van der Waals surface area contributed by atoms with Gasteiger partial charge in [-0.05, 0) is 36.5 Å². The predicted molar refractivity (Wildman–Crippen MR) is 114 cm³/mol. The fraction of sp³-hybridized carbons (Fsp3) is 0.391. The van der Waals surface area contributed by atoms with Crippen LogP contribution in [0.1, 0.15) is 37.7 Å². The van der Waals surface area contributed by atoms with E-state index in [0.29, 0.717) is 43.4 Å². The van der Waals surface area contributed by atoms with Gasteiger partial charge in [0.15, 0.2) is 5.52 Å². The average Bonchev–Trinajstić information content (AvgIpc) is 2.77. The number of fused-ring (bicyclic) bond motifs is 1. The molecular formula is C23H26N4O3. The van der Waals surface area contributed by atoms with Gasteiger partial charge in [-0.1, -0.05) is 37.3 Å². The van der Waals surface area contributed by atoms with E-state index in [4.69, 9.17) is 0 Å². The van der Waals surface area contributed by atoms with Crippen molar-refractivity contribution in [3.05, 3.63) is 70.9 Å². The maximum Gasteiger partial charge on any atom is 0.279 e. The van der Waals surface area contributed by atoms with E-state index >= 15 is 0 Å². The lowest BCUT2D eigenvalue weighted by Crippen LogP contribution is -2.49. The van der Waals surface area contributed by atoms with Crippen LogP contribution in [0.5, 0.6) is 0 Å². The molecule has 156 valence electrons. The fourth-order valence-electron chi connectivity index (χ4n) is 4.04. The molecule has 1 aliphatic heterocycles. The standard InChI is InChI=1S/C23H26N4O3/c1-17(18-6-3-2-4-7-18)14-20(28)26-12-9-23(30,10-13-26)15-27-16-25-19-8-5-11-24-21(19)22(27)29/h2-8,11,16-17,30H,9-10,12-15H2,1H3. The molecule has 0 spiro atoms. The smallest absolute Gasteiger partial charge is 0.279 e. The van der Waals surface area contributed by atoms with Crippen LogP contribution in [0.2, 0.25) is 0 Å². The van der Waals surface area contributed by atoms with Crippen LogP contribution in [-0.2, 0) is 11.3 Å². The molecule has 4 rings (SSSR count). The van der Waals surface area contributed by atoms with Crippen LogP contribution < -0.4 is 5.56 Å². The topological polar surface area (TPSA) is 88.3 Å². The number of carbonyl (C=O) groups excluding carboxylic acids is 1. The van der Waals surface area contributed by atoms with E-state index in [9.17, 15) is 14.7 Å². The molecule has 0 aliphatic carbocycles. The molecule has 1 aliphatic rings. The Hall–Kier alpha value is -3.06. The average molecular weight is 406 g/mol. The Balaban J connectivity index is 1.38. The summed E-state index contributed by atoms with van der Waals surface area (Å²) in [7, 11) is 0. The van der Waals surface area contributed by atoms with Gasteiger partial charge in [0.1, 0.15) is 0 Å². The van der Waals surface area contributed by atoms with Gasteiger partial charge in [0.25, 0.3) is 5.56 Å². The molecule has 3 heterocycles. The summed E-state index contributed by atoms with van der Waals surface area (Å²) in [5.74, 6) is 0.247. The van der Waals surface area contributed by atoms with Crippen LogP contribution in [0.15, 0.2) is 59.8 Å². The van der Waals surface area contributed by atoms with Crippen LogP contribution in [0.25, 0.3) is 11.0 Å². The highest BCUT2D eigenvalue weighted by molar-refractivity contribution is 5.77. The number of hydrogen-bond acceptors (Lipinski definition) is 5. The molecule has 1 unspecified atom stereocenters. The zero-order chi connectivity index (χ0) is 21.1. The Morgan fingerprint density at radius 2 is 1.87 bits per heavy atom. The first-order valence-electron chi connectivity index (χ1n) is 10.3. The lowest BCUT2D eigenvalue weighted by molar-refractivity contribution is -0.136. The number of amides is 1. The van der Waals surface area contributed by atoms with Gasteiger partial charge in [0, 0.05) is 25.7 Å². The van der Waals surface area contributed by atoms with Crippen molar-refractivity contribution >= 4 is 16.9 Å². The number of benzene rings is 1. The fourth-order valence-corrected chi connectivity index (χ4v) is 4.04. The molecule has 1 aromatic carbocycles. The molecule has 3 aromatic rings. The number of hydrogen-bond donors (Lipinski definition) is 1. The molecule has 1 fully saturated rings. The Kier molecular flexibility index (Phi) is 5.63. The van der Waals surface area contributed by atoms with Gasteiger partial charge < -0.3 is 10.0 Å². The summed E-state index contributed by atoms with van der Waals surface area (Å²) in [4.78, 5) is 35.6. The van der Waals surface area contributed by atoms with Crippen LogP contribution in [0, 0.1) is 0 Å². The monoisotopic (exact) mass is 406 g/mol. The molecule has 7 heteroatoms. The molecule has 1 atom stereocenters. The van der Waals surface area contributed by atoms with E-state index in [0.717, 1.165) is 5.56 Å². The Morgan fingerprint density at radius 1 is 1.13 bits per heavy atom. The second-order valence-corrected chi connectivity index (χ2v) is 8.17. The number of aromatic nitrogens is 3. The van der Waals surface area contributed by atoms with Gasteiger partial charge in [-0.2, -0.15) is 0 Å². The summed E-state index contributed by atoms with van der Waals surface area (Å²) < 4.78 is 1.42. The lowest BCUT2D eigenvalue weighted by Gasteiger charge is -2.38. The summed E-state index contributed by atoms with van der Waals surface area (Å²) >= 11 is 0. The van der Waals surface area contributed by atoms with E-state index in [-0.39, 0.29) is 23.9 Å². The number of likely N-dealkylation sites (tertiary alicyclic amines) is 1. The largest absolute Gasteiger partial charge is 0.388 e. The maximum absolute atomic E-state index is 12.7. The minimum absolute atomic E-state index is 0.0992. The van der Waals surface area contributed by atoms with Crippen molar-refractivity contribution in [1.29, 1.82) is 0 Å². The third-order valence-electron chi connectivity index (χ3n) is 5.95. The van der Waals surface area contributed by atoms with Crippen molar-refractivity contribution in [2.24, 2.45) is 0 Å². The van der Waals surface area contributed by atoms with E-state index < -0.39 is 5.60 Å². The summed E-state index contributed by atoms with van der Waals surface area (Å²) in [6, 6.07) is 13.5. The van der Waals surface area contributed by atoms with Gasteiger partial charge in [-0.15, -0.1) is 0 Å². The van der Waals surface area contributed by atoms with Crippen molar-refractivity contribution in [2.75, 3.05) is 13.1 Å². The molecule has 1 N–H and O–H groups in total. The highest BCUT2D eigenvalue weighted by atomic mass is 16.3. The first kappa shape index (κ1) is 20.2. The molecule has 30 heavy (non-hydrogen) atoms. The maximum atomic E-state index is 12.7. The first-order valence-corrected chi connectivity index (χ1v) is 10.3. The quantitative estimate of drug-likeness (QED) is 0.703. The van der Waals surface area contributed by atoms with Crippen molar-refractivity contribution < 1.29 is 9.90 Å². The van der Waals surface area contributed by atoms with E-state index in [1.165, 1.54) is 10.9 Å². The summed E-state index contributed by atoms with van der Waals surface area (Å²) in [6.45, 7) is 3.16. The number of rotatable bonds is 5. The number of nitrogens with zero attached hydrogens (tertiary/aromatic N) is 4. The van der Waals surface area contributed by atoms with E-state index in [1.54, 1.807) is 18.3 Å². The molecule has 7 nitrogen and oxygen atoms in total. The van der Waals surface area contributed by atoms with Gasteiger partial charge in [-0.3, -0.25) is 14.2 Å². The Labute approximate surface area is 175 Å².